The summed E-state index contributed by atoms with van der Waals surface area (Å²) in [7, 11) is 0. The van der Waals surface area contributed by atoms with E-state index in [0.29, 0.717) is 0 Å². The monoisotopic (exact) mass is 354 g/mol. The zero-order valence-corrected chi connectivity index (χ0v) is 15.2. The van der Waals surface area contributed by atoms with E-state index in [1.165, 1.54) is 0 Å². The number of nitrogens with zero attached hydrogens (tertiary/aromatic N) is 1. The quantitative estimate of drug-likeness (QED) is 0.503. The maximum atomic E-state index is 13.5. The van der Waals surface area contributed by atoms with Crippen molar-refractivity contribution >= 4 is 17.6 Å². The largest absolute Gasteiger partial charge is 0.444 e. The molecular formula is C17H23FN2O5. The highest BCUT2D eigenvalue weighted by Gasteiger charge is 2.35. The summed E-state index contributed by atoms with van der Waals surface area (Å²) >= 11 is 0. The third-order valence-electron chi connectivity index (χ3n) is 3.22. The Bertz CT molecular complexity index is 689. The molecule has 0 saturated carbocycles. The van der Waals surface area contributed by atoms with Crippen molar-refractivity contribution in [3.05, 3.63) is 39.7 Å². The molecule has 0 bridgehead atoms. The molecule has 0 aliphatic carbocycles. The minimum absolute atomic E-state index is 0.0657. The number of carbonyl (C=O) groups excluding carboxylic acids is 2. The zero-order valence-electron chi connectivity index (χ0n) is 15.2. The fourth-order valence-electron chi connectivity index (χ4n) is 2.07. The molecule has 25 heavy (non-hydrogen) atoms. The number of amides is 1. The highest BCUT2D eigenvalue weighted by Crippen LogP contribution is 2.26. The number of hydrogen-bond acceptors (Lipinski definition) is 5. The second kappa shape index (κ2) is 7.16. The summed E-state index contributed by atoms with van der Waals surface area (Å²) in [5.74, 6) is -1.60. The second-order valence-electron chi connectivity index (χ2n) is 7.73. The van der Waals surface area contributed by atoms with Crippen molar-refractivity contribution in [2.75, 3.05) is 0 Å². The Hall–Kier alpha value is -2.51. The third-order valence-corrected chi connectivity index (χ3v) is 3.22. The molecule has 1 aromatic rings. The van der Waals surface area contributed by atoms with Crippen LogP contribution in [-0.4, -0.2) is 28.4 Å². The molecule has 1 amide bonds. The first-order valence-corrected chi connectivity index (χ1v) is 7.70. The predicted molar refractivity (Wildman–Crippen MR) is 90.0 cm³/mol. The Morgan fingerprint density at radius 3 is 2.20 bits per heavy atom. The van der Waals surface area contributed by atoms with Crippen molar-refractivity contribution < 1.29 is 23.6 Å². The van der Waals surface area contributed by atoms with Crippen LogP contribution in [0, 0.1) is 21.3 Å². The van der Waals surface area contributed by atoms with Crippen LogP contribution in [0.4, 0.5) is 14.9 Å². The van der Waals surface area contributed by atoms with E-state index in [1.807, 2.05) is 0 Å². The number of hydrogen-bond donors (Lipinski definition) is 1. The Balaban J connectivity index is 3.16. The van der Waals surface area contributed by atoms with Gasteiger partial charge in [-0.2, -0.15) is 4.39 Å². The highest BCUT2D eigenvalue weighted by atomic mass is 19.1. The van der Waals surface area contributed by atoms with Crippen LogP contribution in [0.15, 0.2) is 18.2 Å². The van der Waals surface area contributed by atoms with Crippen molar-refractivity contribution in [2.24, 2.45) is 5.41 Å². The lowest BCUT2D eigenvalue weighted by Gasteiger charge is -2.31. The van der Waals surface area contributed by atoms with E-state index in [1.54, 1.807) is 41.5 Å². The van der Waals surface area contributed by atoms with E-state index in [0.717, 1.165) is 18.2 Å². The molecule has 0 heterocycles. The number of benzene rings is 1. The van der Waals surface area contributed by atoms with Gasteiger partial charge >= 0.3 is 11.8 Å². The molecule has 0 spiro atoms. The summed E-state index contributed by atoms with van der Waals surface area (Å²) in [4.78, 5) is 34.7. The van der Waals surface area contributed by atoms with Gasteiger partial charge < -0.3 is 10.1 Å². The molecule has 138 valence electrons. The SMILES string of the molecule is CC(C)(C)OC(=O)N[C@H](C(=O)c1ccc(F)c([N+](=O)[O-])c1)C(C)(C)C. The summed E-state index contributed by atoms with van der Waals surface area (Å²) in [6.45, 7) is 10.2. The summed E-state index contributed by atoms with van der Waals surface area (Å²) in [5.41, 5.74) is -2.30. The minimum atomic E-state index is -1.03. The van der Waals surface area contributed by atoms with E-state index in [9.17, 15) is 24.1 Å². The number of ether oxygens (including phenoxy) is 1. The Morgan fingerprint density at radius 2 is 1.76 bits per heavy atom. The fourth-order valence-corrected chi connectivity index (χ4v) is 2.07. The molecule has 0 fully saturated rings. The summed E-state index contributed by atoms with van der Waals surface area (Å²) in [5, 5.41) is 13.4. The number of ketones is 1. The number of Topliss-reactive ketones (excluding diaryl/α,β-unsaturated/α-hetero) is 1. The number of halogens is 1. The van der Waals surface area contributed by atoms with Gasteiger partial charge in [0, 0.05) is 11.6 Å². The van der Waals surface area contributed by atoms with Gasteiger partial charge in [0.1, 0.15) is 11.6 Å². The molecule has 1 atom stereocenters. The van der Waals surface area contributed by atoms with Gasteiger partial charge in [-0.15, -0.1) is 0 Å². The summed E-state index contributed by atoms with van der Waals surface area (Å²) in [6, 6.07) is 1.87. The van der Waals surface area contributed by atoms with Crippen LogP contribution in [0.3, 0.4) is 0 Å². The molecule has 0 radical (unpaired) electrons. The van der Waals surface area contributed by atoms with Crippen LogP contribution in [0.5, 0.6) is 0 Å². The van der Waals surface area contributed by atoms with Gasteiger partial charge in [-0.3, -0.25) is 14.9 Å². The van der Waals surface area contributed by atoms with E-state index >= 15 is 0 Å². The molecular weight excluding hydrogens is 331 g/mol. The molecule has 0 aliphatic heterocycles. The van der Waals surface area contributed by atoms with Gasteiger partial charge in [0.25, 0.3) is 0 Å². The van der Waals surface area contributed by atoms with Gasteiger partial charge in [0.05, 0.1) is 4.92 Å². The standard InChI is InChI=1S/C17H23FN2O5/c1-16(2,3)14(19-15(22)25-17(4,5)6)13(21)10-7-8-11(18)12(9-10)20(23)24/h7-9,14H,1-6H3,(H,19,22)/t14-/m1/s1. The average molecular weight is 354 g/mol. The first-order chi connectivity index (χ1) is 11.2. The van der Waals surface area contributed by atoms with E-state index in [2.05, 4.69) is 5.32 Å². The molecule has 8 heteroatoms. The van der Waals surface area contributed by atoms with E-state index in [-0.39, 0.29) is 5.56 Å². The lowest BCUT2D eigenvalue weighted by atomic mass is 9.82. The fraction of sp³-hybridized carbons (Fsp3) is 0.529. The molecule has 0 aliphatic rings. The zero-order chi connectivity index (χ0) is 19.6. The lowest BCUT2D eigenvalue weighted by Crippen LogP contribution is -2.50. The first-order valence-electron chi connectivity index (χ1n) is 7.70. The van der Waals surface area contributed by atoms with Gasteiger partial charge in [0.15, 0.2) is 5.78 Å². The number of nitrogens with one attached hydrogen (secondary N) is 1. The molecule has 0 aromatic heterocycles. The number of nitro groups is 1. The van der Waals surface area contributed by atoms with Crippen molar-refractivity contribution in [3.63, 3.8) is 0 Å². The van der Waals surface area contributed by atoms with Crippen molar-refractivity contribution in [1.29, 1.82) is 0 Å². The van der Waals surface area contributed by atoms with Gasteiger partial charge in [-0.1, -0.05) is 20.8 Å². The first kappa shape index (κ1) is 20.5. The Labute approximate surface area is 145 Å². The minimum Gasteiger partial charge on any atom is -0.444 e. The molecule has 0 unspecified atom stereocenters. The van der Waals surface area contributed by atoms with Crippen molar-refractivity contribution in [2.45, 2.75) is 53.2 Å². The van der Waals surface area contributed by atoms with Crippen LogP contribution in [0.2, 0.25) is 0 Å². The van der Waals surface area contributed by atoms with Gasteiger partial charge in [-0.25, -0.2) is 4.79 Å². The number of nitro benzene ring substituents is 1. The molecule has 1 rings (SSSR count). The number of rotatable bonds is 4. The van der Waals surface area contributed by atoms with E-state index in [4.69, 9.17) is 4.74 Å². The van der Waals surface area contributed by atoms with Crippen molar-refractivity contribution in [3.8, 4) is 0 Å². The number of carbonyl (C=O) groups is 2. The molecule has 7 nitrogen and oxygen atoms in total. The smallest absolute Gasteiger partial charge is 0.408 e. The number of alkyl carbamates (subject to hydrolysis) is 1. The highest BCUT2D eigenvalue weighted by molar-refractivity contribution is 6.02. The Kier molecular flexibility index (Phi) is 5.88. The second-order valence-corrected chi connectivity index (χ2v) is 7.73. The third kappa shape index (κ3) is 5.81. The van der Waals surface area contributed by atoms with Crippen LogP contribution < -0.4 is 5.32 Å². The molecule has 0 saturated heterocycles. The lowest BCUT2D eigenvalue weighted by molar-refractivity contribution is -0.387. The normalized spacial score (nSPS) is 13.1. The van der Waals surface area contributed by atoms with Crippen LogP contribution >= 0.6 is 0 Å². The average Bonchev–Trinajstić information content (AvgIpc) is 2.41. The van der Waals surface area contributed by atoms with Crippen LogP contribution in [0.25, 0.3) is 0 Å². The summed E-state index contributed by atoms with van der Waals surface area (Å²) in [6.07, 6.45) is -0.780. The van der Waals surface area contributed by atoms with E-state index < -0.39 is 45.4 Å². The van der Waals surface area contributed by atoms with Gasteiger partial charge in [0.2, 0.25) is 5.82 Å². The molecule has 1 N–H and O–H groups in total. The Morgan fingerprint density at radius 1 is 1.20 bits per heavy atom. The predicted octanol–water partition coefficient (Wildman–Crippen LogP) is 3.86. The van der Waals surface area contributed by atoms with Gasteiger partial charge in [-0.05, 0) is 38.3 Å². The maximum absolute atomic E-state index is 13.5. The van der Waals surface area contributed by atoms with Crippen molar-refractivity contribution in [1.82, 2.24) is 5.32 Å². The molecule has 1 aromatic carbocycles. The maximum Gasteiger partial charge on any atom is 0.408 e. The topological polar surface area (TPSA) is 98.5 Å². The summed E-state index contributed by atoms with van der Waals surface area (Å²) < 4.78 is 18.6. The van der Waals surface area contributed by atoms with Crippen LogP contribution in [-0.2, 0) is 4.74 Å². The van der Waals surface area contributed by atoms with Crippen LogP contribution in [0.1, 0.15) is 51.9 Å².